The minimum Gasteiger partial charge on any atom is -0.545 e. The van der Waals surface area contributed by atoms with E-state index in [0.29, 0.717) is 17.4 Å². The van der Waals surface area contributed by atoms with Crippen LogP contribution in [0, 0.1) is 0 Å². The van der Waals surface area contributed by atoms with Crippen molar-refractivity contribution in [1.82, 2.24) is 0 Å². The zero-order chi connectivity index (χ0) is 46.3. The minimum absolute atomic E-state index is 0.152. The second-order valence-corrected chi connectivity index (χ2v) is 19.9. The Balaban J connectivity index is 3.83. The van der Waals surface area contributed by atoms with Crippen molar-refractivity contribution in [2.75, 3.05) is 47.5 Å². The van der Waals surface area contributed by atoms with Gasteiger partial charge in [-0.25, -0.2) is 0 Å². The molecule has 9 nitrogen and oxygen atoms in total. The molecule has 0 aliphatic carbocycles. The van der Waals surface area contributed by atoms with Crippen LogP contribution in [0.15, 0.2) is 0 Å². The molecule has 63 heavy (non-hydrogen) atoms. The molecule has 0 saturated carbocycles. The molecule has 0 aromatic carbocycles. The Morgan fingerprint density at radius 1 is 0.413 bits per heavy atom. The molecule has 0 heterocycles. The molecule has 0 aromatic rings. The zero-order valence-electron chi connectivity index (χ0n) is 42.5. The van der Waals surface area contributed by atoms with Crippen molar-refractivity contribution >= 4 is 17.9 Å². The molecule has 2 atom stereocenters. The summed E-state index contributed by atoms with van der Waals surface area (Å²) in [5, 5.41) is 11.6. The smallest absolute Gasteiger partial charge is 0.306 e. The molecular weight excluding hydrogens is 791 g/mol. The monoisotopic (exact) mass is 896 g/mol. The SMILES string of the molecule is CCCCCCCCCCCCCCCCCCCCCCCCCCCCCCCCCCCC(=O)OC(COC(=O)CCCCCCC)COC(OCC[N+](C)(C)C)C(=O)[O-]. The largest absolute Gasteiger partial charge is 0.545 e. The van der Waals surface area contributed by atoms with Crippen molar-refractivity contribution in [3.8, 4) is 0 Å². The Hall–Kier alpha value is -1.71. The molecule has 374 valence electrons. The van der Waals surface area contributed by atoms with Gasteiger partial charge in [-0.3, -0.25) is 9.59 Å². The van der Waals surface area contributed by atoms with E-state index in [1.54, 1.807) is 0 Å². The summed E-state index contributed by atoms with van der Waals surface area (Å²) in [7, 11) is 5.91. The summed E-state index contributed by atoms with van der Waals surface area (Å²) in [4.78, 5) is 36.7. The summed E-state index contributed by atoms with van der Waals surface area (Å²) in [6.45, 7) is 4.69. The fourth-order valence-electron chi connectivity index (χ4n) is 8.13. The van der Waals surface area contributed by atoms with E-state index in [1.165, 1.54) is 193 Å². The van der Waals surface area contributed by atoms with Gasteiger partial charge < -0.3 is 33.3 Å². The van der Waals surface area contributed by atoms with Gasteiger partial charge in [0.2, 0.25) is 0 Å². The molecular formula is C54H105NO8. The summed E-state index contributed by atoms with van der Waals surface area (Å²) in [6.07, 6.45) is 48.1. The number of aliphatic carboxylic acids is 1. The number of rotatable bonds is 51. The predicted molar refractivity (Wildman–Crippen MR) is 260 cm³/mol. The van der Waals surface area contributed by atoms with Gasteiger partial charge in [0.25, 0.3) is 0 Å². The van der Waals surface area contributed by atoms with Gasteiger partial charge in [-0.2, -0.15) is 0 Å². The van der Waals surface area contributed by atoms with E-state index in [0.717, 1.165) is 51.4 Å². The van der Waals surface area contributed by atoms with E-state index in [4.69, 9.17) is 18.9 Å². The van der Waals surface area contributed by atoms with Crippen LogP contribution >= 0.6 is 0 Å². The fourth-order valence-corrected chi connectivity index (χ4v) is 8.13. The predicted octanol–water partition coefficient (Wildman–Crippen LogP) is 13.9. The second kappa shape index (κ2) is 46.8. The third kappa shape index (κ3) is 48.1. The molecule has 9 heteroatoms. The molecule has 0 N–H and O–H groups in total. The van der Waals surface area contributed by atoms with Crippen LogP contribution in [0.3, 0.4) is 0 Å². The number of ether oxygens (including phenoxy) is 4. The topological polar surface area (TPSA) is 111 Å². The summed E-state index contributed by atoms with van der Waals surface area (Å²) in [6, 6.07) is 0. The maximum Gasteiger partial charge on any atom is 0.306 e. The Labute approximate surface area is 390 Å². The highest BCUT2D eigenvalue weighted by Crippen LogP contribution is 2.18. The van der Waals surface area contributed by atoms with Crippen molar-refractivity contribution < 1.29 is 42.9 Å². The zero-order valence-corrected chi connectivity index (χ0v) is 42.5. The summed E-state index contributed by atoms with van der Waals surface area (Å²) >= 11 is 0. The summed E-state index contributed by atoms with van der Waals surface area (Å²) in [5.74, 6) is -2.28. The first-order valence-corrected chi connectivity index (χ1v) is 27.2. The van der Waals surface area contributed by atoms with Gasteiger partial charge in [-0.15, -0.1) is 0 Å². The standard InChI is InChI=1S/C54H105NO8/c1-6-8-10-12-13-14-15-16-17-18-19-20-21-22-23-24-25-26-27-28-29-30-31-32-33-34-35-36-37-38-39-41-43-45-52(57)63-50(48-61-51(56)44-42-40-11-9-7-2)49-62-54(53(58)59)60-47-46-55(3,4)5/h50,54H,6-49H2,1-5H3. The van der Waals surface area contributed by atoms with Crippen LogP contribution in [-0.2, 0) is 33.3 Å². The molecule has 0 amide bonds. The third-order valence-corrected chi connectivity index (χ3v) is 12.4. The van der Waals surface area contributed by atoms with Gasteiger partial charge in [0, 0.05) is 12.8 Å². The van der Waals surface area contributed by atoms with Gasteiger partial charge in [0.05, 0.1) is 40.3 Å². The van der Waals surface area contributed by atoms with E-state index in [9.17, 15) is 19.5 Å². The van der Waals surface area contributed by atoms with E-state index in [2.05, 4.69) is 13.8 Å². The van der Waals surface area contributed by atoms with Crippen LogP contribution in [0.1, 0.15) is 271 Å². The number of carbonyl (C=O) groups excluding carboxylic acids is 3. The van der Waals surface area contributed by atoms with Crippen molar-refractivity contribution in [2.45, 2.75) is 283 Å². The van der Waals surface area contributed by atoms with Crippen molar-refractivity contribution in [3.63, 3.8) is 0 Å². The van der Waals surface area contributed by atoms with E-state index in [-0.39, 0.29) is 32.2 Å². The Bertz CT molecular complexity index is 1000. The van der Waals surface area contributed by atoms with Crippen LogP contribution in [0.25, 0.3) is 0 Å². The Morgan fingerprint density at radius 3 is 1.02 bits per heavy atom. The molecule has 0 spiro atoms. The highest BCUT2D eigenvalue weighted by atomic mass is 16.7. The lowest BCUT2D eigenvalue weighted by Crippen LogP contribution is -2.44. The molecule has 0 saturated heterocycles. The fraction of sp³-hybridized carbons (Fsp3) is 0.944. The number of hydrogen-bond donors (Lipinski definition) is 0. The lowest BCUT2D eigenvalue weighted by atomic mass is 10.0. The summed E-state index contributed by atoms with van der Waals surface area (Å²) < 4.78 is 22.4. The molecule has 0 aromatic heterocycles. The first-order valence-electron chi connectivity index (χ1n) is 27.2. The van der Waals surface area contributed by atoms with E-state index >= 15 is 0 Å². The highest BCUT2D eigenvalue weighted by Gasteiger charge is 2.22. The van der Waals surface area contributed by atoms with Gasteiger partial charge in [-0.1, -0.05) is 245 Å². The van der Waals surface area contributed by atoms with Crippen molar-refractivity contribution in [2.24, 2.45) is 0 Å². The Kier molecular flexibility index (Phi) is 45.5. The Morgan fingerprint density at radius 2 is 0.714 bits per heavy atom. The molecule has 0 radical (unpaired) electrons. The quantitative estimate of drug-likeness (QED) is 0.0257. The lowest BCUT2D eigenvalue weighted by molar-refractivity contribution is -0.870. The van der Waals surface area contributed by atoms with Crippen LogP contribution in [0.4, 0.5) is 0 Å². The molecule has 0 aliphatic heterocycles. The average molecular weight is 896 g/mol. The molecule has 0 bridgehead atoms. The van der Waals surface area contributed by atoms with Gasteiger partial charge in [-0.05, 0) is 12.8 Å². The van der Waals surface area contributed by atoms with Crippen LogP contribution in [-0.4, -0.2) is 82.3 Å². The number of carboxylic acid groups (broad SMARTS) is 1. The highest BCUT2D eigenvalue weighted by molar-refractivity contribution is 5.70. The van der Waals surface area contributed by atoms with Crippen LogP contribution in [0.5, 0.6) is 0 Å². The second-order valence-electron chi connectivity index (χ2n) is 19.9. The van der Waals surface area contributed by atoms with E-state index < -0.39 is 24.3 Å². The average Bonchev–Trinajstić information content (AvgIpc) is 3.24. The number of unbranched alkanes of at least 4 members (excludes halogenated alkanes) is 36. The van der Waals surface area contributed by atoms with Crippen LogP contribution < -0.4 is 5.11 Å². The minimum atomic E-state index is -1.61. The number of quaternary nitrogens is 1. The number of likely N-dealkylation sites (N-methyl/N-ethyl adjacent to an activating group) is 1. The van der Waals surface area contributed by atoms with Crippen molar-refractivity contribution in [1.29, 1.82) is 0 Å². The molecule has 0 aliphatic rings. The maximum absolute atomic E-state index is 12.7. The first-order chi connectivity index (χ1) is 30.6. The number of hydrogen-bond acceptors (Lipinski definition) is 8. The maximum atomic E-state index is 12.7. The van der Waals surface area contributed by atoms with Gasteiger partial charge in [0.15, 0.2) is 12.4 Å². The third-order valence-electron chi connectivity index (χ3n) is 12.4. The first kappa shape index (κ1) is 61.3. The number of carbonyl (C=O) groups is 3. The lowest BCUT2D eigenvalue weighted by Gasteiger charge is -2.26. The van der Waals surface area contributed by atoms with E-state index in [1.807, 2.05) is 21.1 Å². The number of carboxylic acids is 1. The normalized spacial score (nSPS) is 12.7. The molecule has 0 fully saturated rings. The molecule has 0 rings (SSSR count). The van der Waals surface area contributed by atoms with Crippen LogP contribution in [0.2, 0.25) is 0 Å². The van der Waals surface area contributed by atoms with Gasteiger partial charge >= 0.3 is 11.9 Å². The van der Waals surface area contributed by atoms with Crippen molar-refractivity contribution in [3.05, 3.63) is 0 Å². The molecule has 2 unspecified atom stereocenters. The number of nitrogens with zero attached hydrogens (tertiary/aromatic N) is 1. The summed E-state index contributed by atoms with van der Waals surface area (Å²) in [5.41, 5.74) is 0. The van der Waals surface area contributed by atoms with Gasteiger partial charge in [0.1, 0.15) is 13.2 Å². The number of esters is 2.